The van der Waals surface area contributed by atoms with Gasteiger partial charge in [-0.2, -0.15) is 0 Å². The largest absolute Gasteiger partial charge is 0.507 e. The van der Waals surface area contributed by atoms with Crippen LogP contribution in [0, 0.1) is 0 Å². The van der Waals surface area contributed by atoms with E-state index in [-0.39, 0.29) is 17.2 Å². The van der Waals surface area contributed by atoms with Crippen molar-refractivity contribution in [3.05, 3.63) is 28.8 Å². The summed E-state index contributed by atoms with van der Waals surface area (Å²) in [7, 11) is 0. The number of carbonyl (C=O) groups is 1. The van der Waals surface area contributed by atoms with Crippen LogP contribution >= 0.6 is 0 Å². The molecule has 0 aliphatic heterocycles. The van der Waals surface area contributed by atoms with E-state index in [1.807, 2.05) is 0 Å². The van der Waals surface area contributed by atoms with Gasteiger partial charge in [-0.3, -0.25) is 0 Å². The Hall–Kier alpha value is -1.51. The van der Waals surface area contributed by atoms with E-state index >= 15 is 0 Å². The Morgan fingerprint density at radius 1 is 0.846 bits per heavy atom. The highest BCUT2D eigenvalue weighted by Crippen LogP contribution is 2.39. The van der Waals surface area contributed by atoms with Gasteiger partial charge in [0, 0.05) is 0 Å². The molecule has 2 N–H and O–H groups in total. The van der Waals surface area contributed by atoms with Crippen molar-refractivity contribution in [3.63, 3.8) is 0 Å². The lowest BCUT2D eigenvalue weighted by Gasteiger charge is -2.23. The fraction of sp³-hybridized carbons (Fsp3) is 0.696. The second-order valence-electron chi connectivity index (χ2n) is 7.57. The molecule has 3 nitrogen and oxygen atoms in total. The zero-order valence-corrected chi connectivity index (χ0v) is 17.2. The molecule has 2 unspecified atom stereocenters. The Balaban J connectivity index is 3.37. The molecule has 1 rings (SSSR count). The van der Waals surface area contributed by atoms with Crippen LogP contribution in [0.5, 0.6) is 5.75 Å². The molecule has 1 aromatic rings. The second kappa shape index (κ2) is 12.0. The van der Waals surface area contributed by atoms with Crippen LogP contribution in [0.4, 0.5) is 0 Å². The van der Waals surface area contributed by atoms with Crippen molar-refractivity contribution in [3.8, 4) is 5.75 Å². The molecule has 2 atom stereocenters. The van der Waals surface area contributed by atoms with Gasteiger partial charge in [0.2, 0.25) is 0 Å². The van der Waals surface area contributed by atoms with Crippen molar-refractivity contribution in [2.45, 2.75) is 104 Å². The van der Waals surface area contributed by atoms with Crippen LogP contribution in [0.15, 0.2) is 12.1 Å². The van der Waals surface area contributed by atoms with Crippen LogP contribution in [-0.4, -0.2) is 16.2 Å². The summed E-state index contributed by atoms with van der Waals surface area (Å²) < 4.78 is 0. The first kappa shape index (κ1) is 22.5. The smallest absolute Gasteiger partial charge is 0.339 e. The minimum atomic E-state index is -1.03. The van der Waals surface area contributed by atoms with Crippen LogP contribution in [0.25, 0.3) is 0 Å². The molecule has 0 aromatic heterocycles. The summed E-state index contributed by atoms with van der Waals surface area (Å²) in [6.07, 6.45) is 10.8. The van der Waals surface area contributed by atoms with Gasteiger partial charge in [0.25, 0.3) is 0 Å². The van der Waals surface area contributed by atoms with Crippen LogP contribution in [0.3, 0.4) is 0 Å². The monoisotopic (exact) mass is 362 g/mol. The average molecular weight is 363 g/mol. The van der Waals surface area contributed by atoms with E-state index in [0.717, 1.165) is 75.3 Å². The zero-order valence-electron chi connectivity index (χ0n) is 17.2. The van der Waals surface area contributed by atoms with Crippen molar-refractivity contribution in [1.82, 2.24) is 0 Å². The van der Waals surface area contributed by atoms with Crippen molar-refractivity contribution in [2.24, 2.45) is 0 Å². The van der Waals surface area contributed by atoms with E-state index in [1.165, 1.54) is 0 Å². The normalized spacial score (nSPS) is 13.5. The minimum absolute atomic E-state index is 0.0125. The molecule has 1 aromatic carbocycles. The Labute approximate surface area is 159 Å². The molecular formula is C23H38O3. The van der Waals surface area contributed by atoms with Crippen molar-refractivity contribution < 1.29 is 15.0 Å². The summed E-state index contributed by atoms with van der Waals surface area (Å²) in [6.45, 7) is 8.69. The molecule has 3 heteroatoms. The summed E-state index contributed by atoms with van der Waals surface area (Å²) in [4.78, 5) is 11.8. The molecule has 0 fully saturated rings. The lowest BCUT2D eigenvalue weighted by atomic mass is 9.82. The third-order valence-electron chi connectivity index (χ3n) is 5.39. The third kappa shape index (κ3) is 6.34. The summed E-state index contributed by atoms with van der Waals surface area (Å²) in [5.41, 5.74) is 2.03. The SMILES string of the molecule is CCCCC(CCC)c1cc(C(=O)O)c(O)c(C(CCC)CCCC)c1. The molecule has 148 valence electrons. The molecule has 0 spiro atoms. The molecular weight excluding hydrogens is 324 g/mol. The Kier molecular flexibility index (Phi) is 10.4. The Morgan fingerprint density at radius 2 is 1.38 bits per heavy atom. The van der Waals surface area contributed by atoms with Gasteiger partial charge in [0.1, 0.15) is 11.3 Å². The van der Waals surface area contributed by atoms with Crippen LogP contribution in [0.2, 0.25) is 0 Å². The van der Waals surface area contributed by atoms with Crippen LogP contribution in [-0.2, 0) is 0 Å². The number of hydrogen-bond acceptors (Lipinski definition) is 2. The fourth-order valence-electron chi connectivity index (χ4n) is 3.92. The zero-order chi connectivity index (χ0) is 19.5. The molecule has 0 saturated carbocycles. The molecule has 0 aliphatic rings. The lowest BCUT2D eigenvalue weighted by molar-refractivity contribution is 0.0693. The summed E-state index contributed by atoms with van der Waals surface area (Å²) in [5, 5.41) is 20.3. The van der Waals surface area contributed by atoms with Gasteiger partial charge >= 0.3 is 5.97 Å². The first-order chi connectivity index (χ1) is 12.5. The minimum Gasteiger partial charge on any atom is -0.507 e. The highest BCUT2D eigenvalue weighted by Gasteiger charge is 2.23. The first-order valence-corrected chi connectivity index (χ1v) is 10.6. The van der Waals surface area contributed by atoms with Crippen LogP contribution < -0.4 is 0 Å². The topological polar surface area (TPSA) is 57.5 Å². The maximum absolute atomic E-state index is 11.8. The van der Waals surface area contributed by atoms with E-state index in [0.29, 0.717) is 5.92 Å². The predicted molar refractivity (Wildman–Crippen MR) is 109 cm³/mol. The maximum atomic E-state index is 11.8. The number of aromatic hydroxyl groups is 1. The standard InChI is InChI=1S/C23H38O3/c1-5-9-13-17(11-7-3)19-15-20(18(12-8-4)14-10-6-2)22(24)21(16-19)23(25)26/h15-18,24H,5-14H2,1-4H3,(H,25,26). The second-order valence-corrected chi connectivity index (χ2v) is 7.57. The highest BCUT2D eigenvalue weighted by atomic mass is 16.4. The number of aromatic carboxylic acids is 1. The van der Waals surface area contributed by atoms with Gasteiger partial charge in [0.15, 0.2) is 0 Å². The van der Waals surface area contributed by atoms with Gasteiger partial charge in [-0.25, -0.2) is 4.79 Å². The van der Waals surface area contributed by atoms with Crippen LogP contribution in [0.1, 0.15) is 125 Å². The number of phenols is 1. The molecule has 0 amide bonds. The number of hydrogen-bond donors (Lipinski definition) is 2. The lowest BCUT2D eigenvalue weighted by Crippen LogP contribution is -2.08. The average Bonchev–Trinajstić information content (AvgIpc) is 2.62. The molecule has 0 heterocycles. The van der Waals surface area contributed by atoms with E-state index in [1.54, 1.807) is 6.07 Å². The Morgan fingerprint density at radius 3 is 1.88 bits per heavy atom. The van der Waals surface area contributed by atoms with E-state index in [9.17, 15) is 15.0 Å². The van der Waals surface area contributed by atoms with Gasteiger partial charge < -0.3 is 10.2 Å². The number of benzene rings is 1. The molecule has 0 aliphatic carbocycles. The quantitative estimate of drug-likeness (QED) is 0.389. The van der Waals surface area contributed by atoms with Crippen molar-refractivity contribution in [1.29, 1.82) is 0 Å². The summed E-state index contributed by atoms with van der Waals surface area (Å²) >= 11 is 0. The summed E-state index contributed by atoms with van der Waals surface area (Å²) in [6, 6.07) is 3.84. The van der Waals surface area contributed by atoms with E-state index in [4.69, 9.17) is 0 Å². The summed E-state index contributed by atoms with van der Waals surface area (Å²) in [5.74, 6) is -0.416. The molecule has 0 radical (unpaired) electrons. The molecule has 0 saturated heterocycles. The first-order valence-electron chi connectivity index (χ1n) is 10.6. The maximum Gasteiger partial charge on any atom is 0.339 e. The predicted octanol–water partition coefficient (Wildman–Crippen LogP) is 7.24. The number of carboxylic acid groups (broad SMARTS) is 1. The molecule has 0 bridgehead atoms. The number of rotatable bonds is 13. The van der Waals surface area contributed by atoms with Crippen molar-refractivity contribution in [2.75, 3.05) is 0 Å². The fourth-order valence-corrected chi connectivity index (χ4v) is 3.92. The Bertz CT molecular complexity index is 551. The van der Waals surface area contributed by atoms with Crippen molar-refractivity contribution >= 4 is 5.97 Å². The van der Waals surface area contributed by atoms with E-state index in [2.05, 4.69) is 33.8 Å². The molecule has 26 heavy (non-hydrogen) atoms. The third-order valence-corrected chi connectivity index (χ3v) is 5.39. The van der Waals surface area contributed by atoms with Gasteiger partial charge in [0.05, 0.1) is 0 Å². The van der Waals surface area contributed by atoms with Gasteiger partial charge in [-0.1, -0.05) is 72.3 Å². The van der Waals surface area contributed by atoms with Gasteiger partial charge in [-0.15, -0.1) is 0 Å². The number of unbranched alkanes of at least 4 members (excludes halogenated alkanes) is 2. The number of carboxylic acids is 1. The van der Waals surface area contributed by atoms with Gasteiger partial charge in [-0.05, 0) is 54.7 Å². The van der Waals surface area contributed by atoms with E-state index < -0.39 is 5.97 Å². The highest BCUT2D eigenvalue weighted by molar-refractivity contribution is 5.91.